The predicted molar refractivity (Wildman–Crippen MR) is 86.1 cm³/mol. The average Bonchev–Trinajstić information content (AvgIpc) is 3.24. The molecule has 0 bridgehead atoms. The molecule has 9 nitrogen and oxygen atoms in total. The Labute approximate surface area is 136 Å². The summed E-state index contributed by atoms with van der Waals surface area (Å²) < 4.78 is 23.9. The molecule has 0 spiro atoms. The summed E-state index contributed by atoms with van der Waals surface area (Å²) >= 11 is 0. The van der Waals surface area contributed by atoms with Gasteiger partial charge in [-0.15, -0.1) is 10.2 Å². The Morgan fingerprint density at radius 3 is 2.79 bits per heavy atom. The van der Waals surface area contributed by atoms with E-state index in [1.165, 1.54) is 6.07 Å². The highest BCUT2D eigenvalue weighted by Gasteiger charge is 2.22. The zero-order valence-electron chi connectivity index (χ0n) is 12.1. The number of hydrogen-bond donors (Lipinski definition) is 3. The smallest absolute Gasteiger partial charge is 0.238 e. The molecule has 0 saturated heterocycles. The van der Waals surface area contributed by atoms with Gasteiger partial charge in [-0.2, -0.15) is 5.21 Å². The summed E-state index contributed by atoms with van der Waals surface area (Å²) in [6.45, 7) is 0. The fourth-order valence-electron chi connectivity index (χ4n) is 2.59. The lowest BCUT2D eigenvalue weighted by atomic mass is 10.00. The Morgan fingerprint density at radius 2 is 2.04 bits per heavy atom. The fraction of sp³-hybridized carbons (Fsp3) is 0. The summed E-state index contributed by atoms with van der Waals surface area (Å²) in [5.41, 5.74) is 2.33. The Hall–Kier alpha value is -3.11. The third-order valence-corrected chi connectivity index (χ3v) is 4.57. The molecular weight excluding hydrogens is 330 g/mol. The zero-order valence-corrected chi connectivity index (χ0v) is 12.9. The number of pyridine rings is 1. The number of tetrazole rings is 1. The van der Waals surface area contributed by atoms with Gasteiger partial charge in [0.15, 0.2) is 0 Å². The van der Waals surface area contributed by atoms with Crippen LogP contribution in [0, 0.1) is 0 Å². The number of fused-ring (bicyclic) bond motifs is 1. The van der Waals surface area contributed by atoms with Gasteiger partial charge in [0, 0.05) is 23.3 Å². The molecule has 0 aliphatic rings. The second-order valence-electron chi connectivity index (χ2n) is 5.10. The van der Waals surface area contributed by atoms with Crippen LogP contribution in [-0.4, -0.2) is 39.0 Å². The van der Waals surface area contributed by atoms with Crippen LogP contribution in [0.3, 0.4) is 0 Å². The van der Waals surface area contributed by atoms with Gasteiger partial charge in [-0.05, 0) is 29.0 Å². The maximum absolute atomic E-state index is 12.0. The highest BCUT2D eigenvalue weighted by atomic mass is 32.2. The Bertz CT molecular complexity index is 1130. The first-order chi connectivity index (χ1) is 11.5. The van der Waals surface area contributed by atoms with Gasteiger partial charge >= 0.3 is 0 Å². The number of primary sulfonamides is 1. The second-order valence-corrected chi connectivity index (χ2v) is 6.63. The summed E-state index contributed by atoms with van der Waals surface area (Å²) in [5, 5.41) is 19.9. The van der Waals surface area contributed by atoms with E-state index in [-0.39, 0.29) is 16.3 Å². The van der Waals surface area contributed by atoms with Crippen LogP contribution in [0.4, 0.5) is 0 Å². The lowest BCUT2D eigenvalue weighted by molar-refractivity contribution is 0.598. The number of benzene rings is 1. The fourth-order valence-corrected chi connectivity index (χ4v) is 3.35. The molecule has 0 unspecified atom stereocenters. The van der Waals surface area contributed by atoms with Gasteiger partial charge in [-0.25, -0.2) is 18.5 Å². The molecule has 10 heteroatoms. The van der Waals surface area contributed by atoms with Gasteiger partial charge in [0.05, 0.1) is 10.5 Å². The van der Waals surface area contributed by atoms with E-state index in [0.717, 1.165) is 11.0 Å². The first kappa shape index (κ1) is 14.5. The molecule has 1 aromatic carbocycles. The van der Waals surface area contributed by atoms with Crippen LogP contribution in [0.15, 0.2) is 47.6 Å². The van der Waals surface area contributed by atoms with Crippen molar-refractivity contribution in [1.29, 1.82) is 0 Å². The summed E-state index contributed by atoms with van der Waals surface area (Å²) in [4.78, 5) is 7.27. The Balaban J connectivity index is 2.05. The van der Waals surface area contributed by atoms with Crippen molar-refractivity contribution in [3.63, 3.8) is 0 Å². The topological polar surface area (TPSA) is 143 Å². The number of aromatic amines is 2. The van der Waals surface area contributed by atoms with Crippen LogP contribution in [0.25, 0.3) is 33.5 Å². The van der Waals surface area contributed by atoms with E-state index in [1.54, 1.807) is 24.5 Å². The molecule has 4 N–H and O–H groups in total. The number of rotatable bonds is 3. The zero-order chi connectivity index (χ0) is 16.7. The largest absolute Gasteiger partial charge is 0.346 e. The molecule has 0 fully saturated rings. The minimum absolute atomic E-state index is 0.0736. The number of sulfonamides is 1. The summed E-state index contributed by atoms with van der Waals surface area (Å²) in [5.74, 6) is 0.142. The molecular formula is C14H11N7O2S. The lowest BCUT2D eigenvalue weighted by Gasteiger charge is -2.11. The van der Waals surface area contributed by atoms with E-state index >= 15 is 0 Å². The van der Waals surface area contributed by atoms with Crippen molar-refractivity contribution in [1.82, 2.24) is 30.6 Å². The van der Waals surface area contributed by atoms with Crippen molar-refractivity contribution < 1.29 is 8.42 Å². The normalized spacial score (nSPS) is 11.9. The van der Waals surface area contributed by atoms with Gasteiger partial charge in [0.25, 0.3) is 0 Å². The third kappa shape index (κ3) is 2.33. The van der Waals surface area contributed by atoms with Crippen molar-refractivity contribution in [3.05, 3.63) is 42.7 Å². The van der Waals surface area contributed by atoms with Gasteiger partial charge in [-0.1, -0.05) is 12.1 Å². The highest BCUT2D eigenvalue weighted by Crippen LogP contribution is 2.35. The molecule has 0 radical (unpaired) electrons. The molecule has 3 heterocycles. The predicted octanol–water partition coefficient (Wildman–Crippen LogP) is 1.06. The first-order valence-electron chi connectivity index (χ1n) is 6.87. The van der Waals surface area contributed by atoms with Crippen LogP contribution in [0.2, 0.25) is 0 Å². The molecule has 0 amide bonds. The molecule has 0 aliphatic carbocycles. The van der Waals surface area contributed by atoms with Crippen molar-refractivity contribution in [3.8, 4) is 22.5 Å². The molecule has 4 aromatic rings. The Kier molecular flexibility index (Phi) is 3.15. The SMILES string of the molecule is NS(=O)(=O)c1cccc(-c2cnc3[nH]ccc3c2)c1-c1nn[nH]n1. The average molecular weight is 341 g/mol. The van der Waals surface area contributed by atoms with E-state index in [9.17, 15) is 8.42 Å². The van der Waals surface area contributed by atoms with E-state index in [0.29, 0.717) is 11.1 Å². The first-order valence-corrected chi connectivity index (χ1v) is 8.42. The number of nitrogens with two attached hydrogens (primary N) is 1. The van der Waals surface area contributed by atoms with Crippen LogP contribution >= 0.6 is 0 Å². The summed E-state index contributed by atoms with van der Waals surface area (Å²) in [7, 11) is -3.97. The van der Waals surface area contributed by atoms with Crippen LogP contribution in [0.5, 0.6) is 0 Å². The number of nitrogens with zero attached hydrogens (tertiary/aromatic N) is 4. The summed E-state index contributed by atoms with van der Waals surface area (Å²) in [6, 6.07) is 8.55. The van der Waals surface area contributed by atoms with Crippen LogP contribution in [-0.2, 0) is 10.0 Å². The minimum atomic E-state index is -3.97. The number of H-pyrrole nitrogens is 2. The lowest BCUT2D eigenvalue weighted by Crippen LogP contribution is -2.14. The standard InChI is InChI=1S/C14H11N7O2S/c15-24(22,23)11-3-1-2-10(12(11)14-18-20-21-19-14)9-6-8-4-5-16-13(8)17-7-9/h1-7H,(H,16,17)(H2,15,22,23)(H,18,19,20,21). The van der Waals surface area contributed by atoms with E-state index in [4.69, 9.17) is 5.14 Å². The molecule has 3 aromatic heterocycles. The van der Waals surface area contributed by atoms with Gasteiger partial charge < -0.3 is 4.98 Å². The maximum Gasteiger partial charge on any atom is 0.238 e. The van der Waals surface area contributed by atoms with Crippen molar-refractivity contribution >= 4 is 21.1 Å². The van der Waals surface area contributed by atoms with Gasteiger partial charge in [0.2, 0.25) is 15.8 Å². The van der Waals surface area contributed by atoms with Crippen molar-refractivity contribution in [2.75, 3.05) is 0 Å². The monoisotopic (exact) mass is 341 g/mol. The minimum Gasteiger partial charge on any atom is -0.346 e. The molecule has 4 rings (SSSR count). The molecule has 120 valence electrons. The number of aromatic nitrogens is 6. The number of hydrogen-bond acceptors (Lipinski definition) is 6. The van der Waals surface area contributed by atoms with E-state index < -0.39 is 10.0 Å². The number of nitrogens with one attached hydrogen (secondary N) is 2. The van der Waals surface area contributed by atoms with E-state index in [1.807, 2.05) is 12.1 Å². The second kappa shape index (κ2) is 5.22. The quantitative estimate of drug-likeness (QED) is 0.508. The van der Waals surface area contributed by atoms with Crippen molar-refractivity contribution in [2.45, 2.75) is 4.90 Å². The van der Waals surface area contributed by atoms with Crippen LogP contribution < -0.4 is 5.14 Å². The molecule has 0 aliphatic heterocycles. The van der Waals surface area contributed by atoms with Crippen molar-refractivity contribution in [2.24, 2.45) is 5.14 Å². The van der Waals surface area contributed by atoms with E-state index in [2.05, 4.69) is 30.6 Å². The molecule has 0 saturated carbocycles. The molecule has 0 atom stereocenters. The van der Waals surface area contributed by atoms with Gasteiger partial charge in [0.1, 0.15) is 5.65 Å². The molecule has 24 heavy (non-hydrogen) atoms. The van der Waals surface area contributed by atoms with Crippen LogP contribution in [0.1, 0.15) is 0 Å². The van der Waals surface area contributed by atoms with Gasteiger partial charge in [-0.3, -0.25) is 0 Å². The summed E-state index contributed by atoms with van der Waals surface area (Å²) in [6.07, 6.45) is 3.42. The Morgan fingerprint density at radius 1 is 1.17 bits per heavy atom. The third-order valence-electron chi connectivity index (χ3n) is 3.61. The maximum atomic E-state index is 12.0. The highest BCUT2D eigenvalue weighted by molar-refractivity contribution is 7.89.